The molecule has 1 fully saturated rings. The molecule has 1 aliphatic rings. The lowest BCUT2D eigenvalue weighted by atomic mass is 10.1. The number of ether oxygens (including phenoxy) is 2. The number of carbonyl (C=O) groups excluding carboxylic acids is 1. The number of aryl methyl sites for hydroxylation is 2. The maximum Gasteiger partial charge on any atom is 0.278 e. The van der Waals surface area contributed by atoms with Crippen molar-refractivity contribution in [1.82, 2.24) is 14.9 Å². The molecule has 1 aromatic carbocycles. The Labute approximate surface area is 147 Å². The highest BCUT2D eigenvalue weighted by molar-refractivity contribution is 5.76. The number of likely N-dealkylation sites (tertiary alicyclic amines) is 1. The van der Waals surface area contributed by atoms with Gasteiger partial charge in [-0.05, 0) is 18.9 Å². The lowest BCUT2D eigenvalue weighted by molar-refractivity contribution is -0.130. The molecule has 6 heteroatoms. The van der Waals surface area contributed by atoms with Crippen LogP contribution in [0.2, 0.25) is 0 Å². The van der Waals surface area contributed by atoms with Gasteiger partial charge in [0.05, 0.1) is 13.7 Å². The van der Waals surface area contributed by atoms with Crippen LogP contribution in [0.1, 0.15) is 24.0 Å². The highest BCUT2D eigenvalue weighted by Crippen LogP contribution is 2.24. The lowest BCUT2D eigenvalue weighted by Crippen LogP contribution is -2.31. The molecule has 1 atom stereocenters. The molecule has 132 valence electrons. The van der Waals surface area contributed by atoms with Crippen LogP contribution in [0.15, 0.2) is 36.7 Å². The number of amides is 1. The first-order valence-electron chi connectivity index (χ1n) is 8.50. The summed E-state index contributed by atoms with van der Waals surface area (Å²) in [4.78, 5) is 22.5. The summed E-state index contributed by atoms with van der Waals surface area (Å²) in [6.45, 7) is 3.35. The molecule has 1 amide bonds. The fourth-order valence-corrected chi connectivity index (χ4v) is 3.02. The van der Waals surface area contributed by atoms with Gasteiger partial charge in [-0.25, -0.2) is 9.97 Å². The maximum atomic E-state index is 12.4. The molecule has 1 aromatic heterocycles. The molecule has 0 spiro atoms. The standard InChI is InChI=1S/C19H23N3O3/c1-14-4-3-5-15(12-14)6-7-17(23)22-11-8-16(13-22)25-19-18(24-2)20-9-10-21-19/h3-5,9-10,12,16H,6-8,11,13H2,1-2H3. The Hall–Kier alpha value is -2.63. The first-order chi connectivity index (χ1) is 12.2. The molecule has 0 aliphatic carbocycles. The van der Waals surface area contributed by atoms with Gasteiger partial charge < -0.3 is 14.4 Å². The van der Waals surface area contributed by atoms with Crippen molar-refractivity contribution in [2.24, 2.45) is 0 Å². The van der Waals surface area contributed by atoms with E-state index in [9.17, 15) is 4.79 Å². The van der Waals surface area contributed by atoms with Crippen molar-refractivity contribution in [2.75, 3.05) is 20.2 Å². The van der Waals surface area contributed by atoms with Gasteiger partial charge in [0.1, 0.15) is 6.10 Å². The molecule has 1 aliphatic heterocycles. The molecule has 0 N–H and O–H groups in total. The Bertz CT molecular complexity index is 735. The van der Waals surface area contributed by atoms with E-state index in [2.05, 4.69) is 35.1 Å². The van der Waals surface area contributed by atoms with Gasteiger partial charge in [0.25, 0.3) is 11.8 Å². The average Bonchev–Trinajstić information content (AvgIpc) is 3.09. The molecule has 3 rings (SSSR count). The van der Waals surface area contributed by atoms with Crippen LogP contribution >= 0.6 is 0 Å². The number of hydrogen-bond donors (Lipinski definition) is 0. The van der Waals surface area contributed by atoms with Crippen LogP contribution in [0.25, 0.3) is 0 Å². The van der Waals surface area contributed by atoms with Crippen LogP contribution in [0, 0.1) is 6.92 Å². The minimum Gasteiger partial charge on any atom is -0.477 e. The van der Waals surface area contributed by atoms with Crippen molar-refractivity contribution in [1.29, 1.82) is 0 Å². The zero-order valence-electron chi connectivity index (χ0n) is 14.6. The van der Waals surface area contributed by atoms with Gasteiger partial charge in [-0.2, -0.15) is 0 Å². The van der Waals surface area contributed by atoms with Gasteiger partial charge in [0.15, 0.2) is 0 Å². The summed E-state index contributed by atoms with van der Waals surface area (Å²) in [5, 5.41) is 0. The summed E-state index contributed by atoms with van der Waals surface area (Å²) in [5.41, 5.74) is 2.42. The second-order valence-corrected chi connectivity index (χ2v) is 6.23. The predicted molar refractivity (Wildman–Crippen MR) is 93.7 cm³/mol. The van der Waals surface area contributed by atoms with E-state index >= 15 is 0 Å². The Kier molecular flexibility index (Phi) is 5.48. The zero-order chi connectivity index (χ0) is 17.6. The normalized spacial score (nSPS) is 16.7. The zero-order valence-corrected chi connectivity index (χ0v) is 14.6. The summed E-state index contributed by atoms with van der Waals surface area (Å²) in [5.74, 6) is 0.912. The molecule has 2 aromatic rings. The Morgan fingerprint density at radius 1 is 1.28 bits per heavy atom. The Morgan fingerprint density at radius 2 is 2.08 bits per heavy atom. The topological polar surface area (TPSA) is 64.6 Å². The fourth-order valence-electron chi connectivity index (χ4n) is 3.02. The Balaban J connectivity index is 1.51. The van der Waals surface area contributed by atoms with Crippen LogP contribution in [-0.4, -0.2) is 47.1 Å². The van der Waals surface area contributed by atoms with Crippen LogP contribution in [0.5, 0.6) is 11.8 Å². The quantitative estimate of drug-likeness (QED) is 0.807. The van der Waals surface area contributed by atoms with Crippen molar-refractivity contribution < 1.29 is 14.3 Å². The second kappa shape index (κ2) is 7.96. The van der Waals surface area contributed by atoms with E-state index < -0.39 is 0 Å². The molecule has 0 bridgehead atoms. The third kappa shape index (κ3) is 4.47. The number of aromatic nitrogens is 2. The first kappa shape index (κ1) is 17.2. The van der Waals surface area contributed by atoms with E-state index in [0.29, 0.717) is 31.3 Å². The van der Waals surface area contributed by atoms with Crippen LogP contribution < -0.4 is 9.47 Å². The largest absolute Gasteiger partial charge is 0.477 e. The predicted octanol–water partition coefficient (Wildman–Crippen LogP) is 2.41. The lowest BCUT2D eigenvalue weighted by Gasteiger charge is -2.17. The van der Waals surface area contributed by atoms with E-state index in [4.69, 9.17) is 9.47 Å². The van der Waals surface area contributed by atoms with E-state index in [1.54, 1.807) is 12.4 Å². The van der Waals surface area contributed by atoms with Crippen molar-refractivity contribution in [3.8, 4) is 11.8 Å². The third-order valence-electron chi connectivity index (χ3n) is 4.31. The number of nitrogens with zero attached hydrogens (tertiary/aromatic N) is 3. The minimum atomic E-state index is -0.0754. The molecule has 0 saturated carbocycles. The van der Waals surface area contributed by atoms with E-state index in [1.807, 2.05) is 11.0 Å². The van der Waals surface area contributed by atoms with Crippen molar-refractivity contribution in [3.63, 3.8) is 0 Å². The summed E-state index contributed by atoms with van der Waals surface area (Å²) >= 11 is 0. The van der Waals surface area contributed by atoms with E-state index in [0.717, 1.165) is 12.8 Å². The average molecular weight is 341 g/mol. The maximum absolute atomic E-state index is 12.4. The number of rotatable bonds is 6. The fraction of sp³-hybridized carbons (Fsp3) is 0.421. The van der Waals surface area contributed by atoms with Gasteiger partial charge in [-0.3, -0.25) is 4.79 Å². The molecule has 25 heavy (non-hydrogen) atoms. The summed E-state index contributed by atoms with van der Waals surface area (Å²) in [6, 6.07) is 8.29. The SMILES string of the molecule is COc1nccnc1OC1CCN(C(=O)CCc2cccc(C)c2)C1. The molecular formula is C19H23N3O3. The smallest absolute Gasteiger partial charge is 0.278 e. The van der Waals surface area contributed by atoms with Crippen LogP contribution in [0.4, 0.5) is 0 Å². The van der Waals surface area contributed by atoms with E-state index in [-0.39, 0.29) is 12.0 Å². The monoisotopic (exact) mass is 341 g/mol. The number of methoxy groups -OCH3 is 1. The Morgan fingerprint density at radius 3 is 2.84 bits per heavy atom. The molecule has 1 saturated heterocycles. The van der Waals surface area contributed by atoms with Gasteiger partial charge in [-0.1, -0.05) is 29.8 Å². The van der Waals surface area contributed by atoms with Crippen molar-refractivity contribution in [2.45, 2.75) is 32.3 Å². The van der Waals surface area contributed by atoms with Gasteiger partial charge in [-0.15, -0.1) is 0 Å². The number of benzene rings is 1. The summed E-state index contributed by atoms with van der Waals surface area (Å²) < 4.78 is 11.0. The van der Waals surface area contributed by atoms with Crippen LogP contribution in [-0.2, 0) is 11.2 Å². The second-order valence-electron chi connectivity index (χ2n) is 6.23. The molecule has 1 unspecified atom stereocenters. The van der Waals surface area contributed by atoms with Gasteiger partial charge >= 0.3 is 0 Å². The molecule has 6 nitrogen and oxygen atoms in total. The first-order valence-corrected chi connectivity index (χ1v) is 8.50. The number of carbonyl (C=O) groups is 1. The molecule has 2 heterocycles. The van der Waals surface area contributed by atoms with Gasteiger partial charge in [0, 0.05) is 31.8 Å². The highest BCUT2D eigenvalue weighted by atomic mass is 16.5. The van der Waals surface area contributed by atoms with E-state index in [1.165, 1.54) is 18.2 Å². The molecular weight excluding hydrogens is 318 g/mol. The minimum absolute atomic E-state index is 0.0754. The highest BCUT2D eigenvalue weighted by Gasteiger charge is 2.28. The summed E-state index contributed by atoms with van der Waals surface area (Å²) in [6.07, 6.45) is 5.12. The summed E-state index contributed by atoms with van der Waals surface area (Å²) in [7, 11) is 1.53. The molecule has 0 radical (unpaired) electrons. The number of hydrogen-bond acceptors (Lipinski definition) is 5. The third-order valence-corrected chi connectivity index (χ3v) is 4.31. The van der Waals surface area contributed by atoms with Gasteiger partial charge in [0.2, 0.25) is 5.91 Å². The van der Waals surface area contributed by atoms with Crippen LogP contribution in [0.3, 0.4) is 0 Å². The van der Waals surface area contributed by atoms with Crippen molar-refractivity contribution in [3.05, 3.63) is 47.8 Å². The van der Waals surface area contributed by atoms with Crippen molar-refractivity contribution >= 4 is 5.91 Å².